The summed E-state index contributed by atoms with van der Waals surface area (Å²) in [5.41, 5.74) is 1.78. The summed E-state index contributed by atoms with van der Waals surface area (Å²) < 4.78 is 33.0. The molecule has 0 aliphatic heterocycles. The van der Waals surface area contributed by atoms with Crippen molar-refractivity contribution in [2.45, 2.75) is 18.4 Å². The topological polar surface area (TPSA) is 75.7 Å². The van der Waals surface area contributed by atoms with E-state index in [4.69, 9.17) is 16.3 Å². The highest BCUT2D eigenvalue weighted by molar-refractivity contribution is 7.92. The Morgan fingerprint density at radius 1 is 0.968 bits per heavy atom. The second-order valence-corrected chi connectivity index (χ2v) is 8.99. The van der Waals surface area contributed by atoms with Crippen LogP contribution in [0.4, 0.5) is 5.69 Å². The Labute approximate surface area is 187 Å². The number of anilines is 1. The molecule has 0 unspecified atom stereocenters. The van der Waals surface area contributed by atoms with Crippen molar-refractivity contribution in [2.75, 3.05) is 18.4 Å². The van der Waals surface area contributed by atoms with Gasteiger partial charge in [-0.3, -0.25) is 9.52 Å². The molecule has 162 valence electrons. The molecule has 0 aromatic heterocycles. The van der Waals surface area contributed by atoms with Gasteiger partial charge in [-0.15, -0.1) is 0 Å². The number of amides is 1. The lowest BCUT2D eigenvalue weighted by Crippen LogP contribution is -2.26. The van der Waals surface area contributed by atoms with E-state index in [2.05, 4.69) is 4.72 Å². The van der Waals surface area contributed by atoms with Gasteiger partial charge < -0.3 is 9.64 Å². The van der Waals surface area contributed by atoms with Crippen LogP contribution in [0.25, 0.3) is 0 Å². The lowest BCUT2D eigenvalue weighted by Gasteiger charge is -2.18. The number of halogens is 1. The summed E-state index contributed by atoms with van der Waals surface area (Å²) in [5, 5.41) is 0.640. The number of rotatable bonds is 8. The molecular formula is C23H23ClN2O4S. The first-order chi connectivity index (χ1) is 14.8. The van der Waals surface area contributed by atoms with Gasteiger partial charge in [0.2, 0.25) is 0 Å². The SMILES string of the molecule is CCOc1ccc(S(=O)(=O)Nc2ccc(C(=O)N(C)Cc3ccc(Cl)cc3)cc2)cc1. The second kappa shape index (κ2) is 9.85. The molecule has 0 aliphatic carbocycles. The first kappa shape index (κ1) is 22.7. The van der Waals surface area contributed by atoms with E-state index in [1.165, 1.54) is 12.1 Å². The first-order valence-electron chi connectivity index (χ1n) is 9.64. The zero-order valence-electron chi connectivity index (χ0n) is 17.2. The molecule has 3 rings (SSSR count). The van der Waals surface area contributed by atoms with E-state index in [9.17, 15) is 13.2 Å². The van der Waals surface area contributed by atoms with Gasteiger partial charge in [0, 0.05) is 29.9 Å². The fraction of sp³-hybridized carbons (Fsp3) is 0.174. The molecule has 6 nitrogen and oxygen atoms in total. The van der Waals surface area contributed by atoms with Crippen LogP contribution in [0.1, 0.15) is 22.8 Å². The van der Waals surface area contributed by atoms with E-state index >= 15 is 0 Å². The van der Waals surface area contributed by atoms with Crippen LogP contribution in [0.3, 0.4) is 0 Å². The molecule has 0 saturated carbocycles. The molecule has 0 bridgehead atoms. The van der Waals surface area contributed by atoms with Crippen molar-refractivity contribution in [3.05, 3.63) is 88.9 Å². The molecule has 8 heteroatoms. The van der Waals surface area contributed by atoms with Crippen LogP contribution in [0, 0.1) is 0 Å². The summed E-state index contributed by atoms with van der Waals surface area (Å²) in [6, 6.07) is 19.8. The van der Waals surface area contributed by atoms with Crippen molar-refractivity contribution in [2.24, 2.45) is 0 Å². The number of carbonyl (C=O) groups is 1. The van der Waals surface area contributed by atoms with Crippen LogP contribution < -0.4 is 9.46 Å². The Kier molecular flexibility index (Phi) is 7.20. The van der Waals surface area contributed by atoms with Gasteiger partial charge in [0.1, 0.15) is 5.75 Å². The van der Waals surface area contributed by atoms with Gasteiger partial charge in [0.15, 0.2) is 0 Å². The van der Waals surface area contributed by atoms with Gasteiger partial charge in [-0.1, -0.05) is 23.7 Å². The Balaban J connectivity index is 1.66. The number of nitrogens with zero attached hydrogens (tertiary/aromatic N) is 1. The van der Waals surface area contributed by atoms with E-state index in [1.54, 1.807) is 60.5 Å². The molecular weight excluding hydrogens is 436 g/mol. The van der Waals surface area contributed by atoms with E-state index in [0.717, 1.165) is 5.56 Å². The molecule has 1 amide bonds. The Bertz CT molecular complexity index is 1130. The van der Waals surface area contributed by atoms with Crippen LogP contribution in [0.5, 0.6) is 5.75 Å². The molecule has 0 aliphatic rings. The van der Waals surface area contributed by atoms with Crippen LogP contribution in [0.15, 0.2) is 77.7 Å². The molecule has 3 aromatic carbocycles. The molecule has 0 saturated heterocycles. The quantitative estimate of drug-likeness (QED) is 0.525. The summed E-state index contributed by atoms with van der Waals surface area (Å²) in [6.45, 7) is 2.79. The minimum absolute atomic E-state index is 0.124. The number of ether oxygens (including phenoxy) is 1. The van der Waals surface area contributed by atoms with Gasteiger partial charge in [-0.25, -0.2) is 8.42 Å². The van der Waals surface area contributed by atoms with Crippen LogP contribution in [0.2, 0.25) is 5.02 Å². The van der Waals surface area contributed by atoms with Crippen molar-refractivity contribution >= 4 is 33.2 Å². The van der Waals surface area contributed by atoms with E-state index < -0.39 is 10.0 Å². The number of hydrogen-bond donors (Lipinski definition) is 1. The predicted octanol–water partition coefficient (Wildman–Crippen LogP) is 4.81. The van der Waals surface area contributed by atoms with Crippen molar-refractivity contribution < 1.29 is 17.9 Å². The van der Waals surface area contributed by atoms with E-state index in [0.29, 0.717) is 35.2 Å². The average Bonchev–Trinajstić information content (AvgIpc) is 2.76. The smallest absolute Gasteiger partial charge is 0.261 e. The van der Waals surface area contributed by atoms with Crippen LogP contribution in [-0.2, 0) is 16.6 Å². The zero-order valence-corrected chi connectivity index (χ0v) is 18.8. The third-order valence-corrected chi connectivity index (χ3v) is 6.16. The number of carbonyl (C=O) groups excluding carboxylic acids is 1. The van der Waals surface area contributed by atoms with Gasteiger partial charge in [0.25, 0.3) is 15.9 Å². The third-order valence-electron chi connectivity index (χ3n) is 4.51. The van der Waals surface area contributed by atoms with E-state index in [-0.39, 0.29) is 10.8 Å². The Hall–Kier alpha value is -3.03. The molecule has 31 heavy (non-hydrogen) atoms. The Morgan fingerprint density at radius 3 is 2.16 bits per heavy atom. The molecule has 0 spiro atoms. The average molecular weight is 459 g/mol. The highest BCUT2D eigenvalue weighted by atomic mass is 35.5. The minimum Gasteiger partial charge on any atom is -0.494 e. The fourth-order valence-electron chi connectivity index (χ4n) is 2.93. The first-order valence-corrected chi connectivity index (χ1v) is 11.5. The highest BCUT2D eigenvalue weighted by Gasteiger charge is 2.16. The second-order valence-electron chi connectivity index (χ2n) is 6.87. The van der Waals surface area contributed by atoms with Crippen molar-refractivity contribution in [1.82, 2.24) is 4.90 Å². The monoisotopic (exact) mass is 458 g/mol. The van der Waals surface area contributed by atoms with Crippen molar-refractivity contribution in [1.29, 1.82) is 0 Å². The minimum atomic E-state index is -3.75. The van der Waals surface area contributed by atoms with Gasteiger partial charge in [0.05, 0.1) is 11.5 Å². The Morgan fingerprint density at radius 2 is 1.58 bits per heavy atom. The number of hydrogen-bond acceptors (Lipinski definition) is 4. The largest absolute Gasteiger partial charge is 0.494 e. The summed E-state index contributed by atoms with van der Waals surface area (Å²) in [4.78, 5) is 14.4. The fourth-order valence-corrected chi connectivity index (χ4v) is 4.12. The summed E-state index contributed by atoms with van der Waals surface area (Å²) in [6.07, 6.45) is 0. The zero-order chi connectivity index (χ0) is 22.4. The maximum atomic E-state index is 12.7. The molecule has 0 radical (unpaired) electrons. The maximum Gasteiger partial charge on any atom is 0.261 e. The molecule has 0 heterocycles. The number of sulfonamides is 1. The van der Waals surface area contributed by atoms with E-state index in [1.807, 2.05) is 19.1 Å². The van der Waals surface area contributed by atoms with Crippen molar-refractivity contribution in [3.63, 3.8) is 0 Å². The highest BCUT2D eigenvalue weighted by Crippen LogP contribution is 2.20. The van der Waals surface area contributed by atoms with Gasteiger partial charge in [-0.05, 0) is 73.2 Å². The predicted molar refractivity (Wildman–Crippen MR) is 122 cm³/mol. The third kappa shape index (κ3) is 5.99. The molecule has 3 aromatic rings. The summed E-state index contributed by atoms with van der Waals surface area (Å²) in [7, 11) is -2.04. The standard InChI is InChI=1S/C23H23ClN2O4S/c1-3-30-21-12-14-22(15-13-21)31(28,29)25-20-10-6-18(7-11-20)23(27)26(2)16-17-4-8-19(24)9-5-17/h4-15,25H,3,16H2,1-2H3. The van der Waals surface area contributed by atoms with Crippen LogP contribution >= 0.6 is 11.6 Å². The number of nitrogens with one attached hydrogen (secondary N) is 1. The maximum absolute atomic E-state index is 12.7. The normalized spacial score (nSPS) is 11.1. The molecule has 0 fully saturated rings. The van der Waals surface area contributed by atoms with Gasteiger partial charge >= 0.3 is 0 Å². The molecule has 0 atom stereocenters. The lowest BCUT2D eigenvalue weighted by atomic mass is 10.1. The number of benzene rings is 3. The lowest BCUT2D eigenvalue weighted by molar-refractivity contribution is 0.0785. The van der Waals surface area contributed by atoms with Crippen LogP contribution in [-0.4, -0.2) is 32.9 Å². The summed E-state index contributed by atoms with van der Waals surface area (Å²) in [5.74, 6) is 0.433. The van der Waals surface area contributed by atoms with Gasteiger partial charge in [-0.2, -0.15) is 0 Å². The molecule has 1 N–H and O–H groups in total. The van der Waals surface area contributed by atoms with Crippen molar-refractivity contribution in [3.8, 4) is 5.75 Å². The summed E-state index contributed by atoms with van der Waals surface area (Å²) >= 11 is 5.89.